The molecular formula is C11H14O6. The molecule has 2 N–H and O–H groups in total. The van der Waals surface area contributed by atoms with Gasteiger partial charge in [0.05, 0.1) is 26.9 Å². The number of carbonyl (C=O) groups is 1. The maximum atomic E-state index is 10.8. The topological polar surface area (TPSA) is 85.2 Å². The smallest absolute Gasteiger partial charge is 0.337 e. The Morgan fingerprint density at radius 3 is 2.06 bits per heavy atom. The van der Waals surface area contributed by atoms with Gasteiger partial charge in [-0.2, -0.15) is 0 Å². The lowest BCUT2D eigenvalue weighted by Gasteiger charge is -2.17. The van der Waals surface area contributed by atoms with Crippen LogP contribution >= 0.6 is 0 Å². The number of hydrogen-bond acceptors (Lipinski definition) is 5. The average Bonchev–Trinajstić information content (AvgIpc) is 2.35. The van der Waals surface area contributed by atoms with Gasteiger partial charge in [-0.1, -0.05) is 0 Å². The van der Waals surface area contributed by atoms with Crippen LogP contribution in [-0.2, 0) is 4.79 Å². The van der Waals surface area contributed by atoms with Gasteiger partial charge in [0.15, 0.2) is 17.6 Å². The third kappa shape index (κ3) is 2.42. The molecule has 17 heavy (non-hydrogen) atoms. The molecule has 0 radical (unpaired) electrons. The Labute approximate surface area is 98.3 Å². The van der Waals surface area contributed by atoms with Gasteiger partial charge < -0.3 is 24.4 Å². The van der Waals surface area contributed by atoms with E-state index in [9.17, 15) is 9.90 Å². The minimum Gasteiger partial charge on any atom is -0.496 e. The van der Waals surface area contributed by atoms with Crippen LogP contribution < -0.4 is 14.2 Å². The SMILES string of the molecule is COc1ccc(OC)c(C(O)C(=O)O)c1OC. The first-order valence-electron chi connectivity index (χ1n) is 4.76. The fourth-order valence-corrected chi connectivity index (χ4v) is 1.49. The zero-order valence-electron chi connectivity index (χ0n) is 9.76. The van der Waals surface area contributed by atoms with E-state index >= 15 is 0 Å². The minimum absolute atomic E-state index is 0.0295. The number of ether oxygens (including phenoxy) is 3. The molecule has 0 heterocycles. The van der Waals surface area contributed by atoms with E-state index in [4.69, 9.17) is 19.3 Å². The highest BCUT2D eigenvalue weighted by Crippen LogP contribution is 2.41. The molecule has 1 atom stereocenters. The van der Waals surface area contributed by atoms with E-state index in [-0.39, 0.29) is 17.1 Å². The summed E-state index contributed by atoms with van der Waals surface area (Å²) in [5.74, 6) is -0.710. The van der Waals surface area contributed by atoms with E-state index < -0.39 is 12.1 Å². The van der Waals surface area contributed by atoms with E-state index in [1.165, 1.54) is 27.4 Å². The number of carboxylic acid groups (broad SMARTS) is 1. The van der Waals surface area contributed by atoms with Gasteiger partial charge in [0.1, 0.15) is 5.75 Å². The van der Waals surface area contributed by atoms with Crippen molar-refractivity contribution in [2.75, 3.05) is 21.3 Å². The Balaban J connectivity index is 3.44. The number of rotatable bonds is 5. The highest BCUT2D eigenvalue weighted by atomic mass is 16.5. The first-order valence-corrected chi connectivity index (χ1v) is 4.76. The summed E-state index contributed by atoms with van der Waals surface area (Å²) < 4.78 is 15.1. The summed E-state index contributed by atoms with van der Waals surface area (Å²) in [4.78, 5) is 10.8. The predicted molar refractivity (Wildman–Crippen MR) is 58.7 cm³/mol. The molecule has 0 aliphatic carbocycles. The molecule has 0 amide bonds. The number of carboxylic acids is 1. The summed E-state index contributed by atoms with van der Waals surface area (Å²) in [5, 5.41) is 18.5. The van der Waals surface area contributed by atoms with E-state index in [1.54, 1.807) is 6.07 Å². The van der Waals surface area contributed by atoms with Gasteiger partial charge in [0.2, 0.25) is 0 Å². The van der Waals surface area contributed by atoms with Gasteiger partial charge in [-0.05, 0) is 12.1 Å². The Bertz CT molecular complexity index is 415. The number of aliphatic hydroxyl groups excluding tert-OH is 1. The maximum absolute atomic E-state index is 10.8. The van der Waals surface area contributed by atoms with Gasteiger partial charge in [-0.25, -0.2) is 4.79 Å². The van der Waals surface area contributed by atoms with Crippen LogP contribution in [0.4, 0.5) is 0 Å². The van der Waals surface area contributed by atoms with Gasteiger partial charge in [0, 0.05) is 0 Å². The number of methoxy groups -OCH3 is 3. The Hall–Kier alpha value is -1.95. The van der Waals surface area contributed by atoms with Crippen molar-refractivity contribution < 1.29 is 29.2 Å². The molecule has 94 valence electrons. The summed E-state index contributed by atoms with van der Waals surface area (Å²) in [7, 11) is 4.15. The molecule has 0 saturated heterocycles. The van der Waals surface area contributed by atoms with Crippen molar-refractivity contribution >= 4 is 5.97 Å². The Kier molecular flexibility index (Phi) is 4.17. The van der Waals surface area contributed by atoms with Crippen molar-refractivity contribution in [1.82, 2.24) is 0 Å². The van der Waals surface area contributed by atoms with Crippen molar-refractivity contribution in [2.24, 2.45) is 0 Å². The summed E-state index contributed by atoms with van der Waals surface area (Å²) >= 11 is 0. The second kappa shape index (κ2) is 5.40. The molecule has 0 saturated carbocycles. The van der Waals surface area contributed by atoms with Gasteiger partial charge in [-0.3, -0.25) is 0 Å². The molecule has 1 rings (SSSR count). The normalized spacial score (nSPS) is 11.8. The lowest BCUT2D eigenvalue weighted by molar-refractivity contribution is -0.147. The lowest BCUT2D eigenvalue weighted by Crippen LogP contribution is -2.13. The highest BCUT2D eigenvalue weighted by Gasteiger charge is 2.27. The molecule has 6 heteroatoms. The quantitative estimate of drug-likeness (QED) is 0.795. The molecule has 0 aromatic heterocycles. The molecule has 1 aromatic rings. The van der Waals surface area contributed by atoms with Crippen LogP contribution in [0.25, 0.3) is 0 Å². The van der Waals surface area contributed by atoms with Crippen LogP contribution in [0.3, 0.4) is 0 Å². The zero-order valence-corrected chi connectivity index (χ0v) is 9.76. The molecule has 0 aliphatic heterocycles. The average molecular weight is 242 g/mol. The first-order chi connectivity index (χ1) is 8.06. The van der Waals surface area contributed by atoms with Crippen molar-refractivity contribution in [3.05, 3.63) is 17.7 Å². The van der Waals surface area contributed by atoms with Crippen LogP contribution in [0, 0.1) is 0 Å². The second-order valence-corrected chi connectivity index (χ2v) is 3.16. The van der Waals surface area contributed by atoms with Crippen molar-refractivity contribution in [2.45, 2.75) is 6.10 Å². The molecule has 6 nitrogen and oxygen atoms in total. The molecule has 1 unspecified atom stereocenters. The number of aliphatic carboxylic acids is 1. The van der Waals surface area contributed by atoms with Crippen LogP contribution in [0.5, 0.6) is 17.2 Å². The third-order valence-electron chi connectivity index (χ3n) is 2.27. The molecule has 0 spiro atoms. The number of hydrogen-bond donors (Lipinski definition) is 2. The first kappa shape index (κ1) is 13.1. The van der Waals surface area contributed by atoms with Crippen LogP contribution in [0.15, 0.2) is 12.1 Å². The van der Waals surface area contributed by atoms with Crippen LogP contribution in [0.2, 0.25) is 0 Å². The minimum atomic E-state index is -1.74. The summed E-state index contributed by atoms with van der Waals surface area (Å²) in [6.45, 7) is 0. The Morgan fingerprint density at radius 2 is 1.65 bits per heavy atom. The fraction of sp³-hybridized carbons (Fsp3) is 0.364. The number of benzene rings is 1. The predicted octanol–water partition coefficient (Wildman–Crippen LogP) is 0.830. The van der Waals surface area contributed by atoms with E-state index in [0.717, 1.165) is 0 Å². The summed E-state index contributed by atoms with van der Waals surface area (Å²) in [5.41, 5.74) is 0.0295. The third-order valence-corrected chi connectivity index (χ3v) is 2.27. The van der Waals surface area contributed by atoms with Gasteiger partial charge >= 0.3 is 5.97 Å². The maximum Gasteiger partial charge on any atom is 0.337 e. The van der Waals surface area contributed by atoms with Crippen molar-refractivity contribution in [3.63, 3.8) is 0 Å². The molecule has 0 bridgehead atoms. The fourth-order valence-electron chi connectivity index (χ4n) is 1.49. The second-order valence-electron chi connectivity index (χ2n) is 3.16. The monoisotopic (exact) mass is 242 g/mol. The summed E-state index contributed by atoms with van der Waals surface area (Å²) in [6, 6.07) is 3.07. The van der Waals surface area contributed by atoms with Gasteiger partial charge in [-0.15, -0.1) is 0 Å². The van der Waals surface area contributed by atoms with Crippen molar-refractivity contribution in [3.8, 4) is 17.2 Å². The lowest BCUT2D eigenvalue weighted by atomic mass is 10.1. The number of aliphatic hydroxyl groups is 1. The van der Waals surface area contributed by atoms with E-state index in [2.05, 4.69) is 0 Å². The van der Waals surface area contributed by atoms with Crippen LogP contribution in [-0.4, -0.2) is 37.5 Å². The standard InChI is InChI=1S/C11H14O6/c1-15-6-4-5-7(16-2)10(17-3)8(6)9(12)11(13)14/h4-5,9,12H,1-3H3,(H,13,14). The van der Waals surface area contributed by atoms with E-state index in [0.29, 0.717) is 5.75 Å². The van der Waals surface area contributed by atoms with E-state index in [1.807, 2.05) is 0 Å². The molecule has 1 aromatic carbocycles. The Morgan fingerprint density at radius 1 is 1.12 bits per heavy atom. The largest absolute Gasteiger partial charge is 0.496 e. The highest BCUT2D eigenvalue weighted by molar-refractivity contribution is 5.77. The van der Waals surface area contributed by atoms with Gasteiger partial charge in [0.25, 0.3) is 0 Å². The summed E-state index contributed by atoms with van der Waals surface area (Å²) in [6.07, 6.45) is -1.74. The zero-order chi connectivity index (χ0) is 13.0. The molecule has 0 fully saturated rings. The molecular weight excluding hydrogens is 228 g/mol. The van der Waals surface area contributed by atoms with Crippen LogP contribution in [0.1, 0.15) is 11.7 Å². The molecule has 0 aliphatic rings. The van der Waals surface area contributed by atoms with Crippen molar-refractivity contribution in [1.29, 1.82) is 0 Å².